The Morgan fingerprint density at radius 3 is 2.28 bits per heavy atom. The molecule has 18 heavy (non-hydrogen) atoms. The fourth-order valence-electron chi connectivity index (χ4n) is 2.32. The van der Waals surface area contributed by atoms with Crippen molar-refractivity contribution in [2.75, 3.05) is 0 Å². The van der Waals surface area contributed by atoms with E-state index in [0.717, 1.165) is 0 Å². The van der Waals surface area contributed by atoms with Gasteiger partial charge >= 0.3 is 0 Å². The number of hydrogen-bond acceptors (Lipinski definition) is 0. The lowest BCUT2D eigenvalue weighted by molar-refractivity contribution is 1.35. The van der Waals surface area contributed by atoms with Crippen LogP contribution in [0.15, 0.2) is 42.5 Å². The fourth-order valence-corrected chi connectivity index (χ4v) is 2.32. The van der Waals surface area contributed by atoms with E-state index in [-0.39, 0.29) is 0 Å². The van der Waals surface area contributed by atoms with Gasteiger partial charge in [0.2, 0.25) is 0 Å². The van der Waals surface area contributed by atoms with Crippen molar-refractivity contribution in [3.63, 3.8) is 0 Å². The highest BCUT2D eigenvalue weighted by molar-refractivity contribution is 5.82. The summed E-state index contributed by atoms with van der Waals surface area (Å²) < 4.78 is 0. The van der Waals surface area contributed by atoms with Crippen LogP contribution in [0.1, 0.15) is 34.7 Å². The second kappa shape index (κ2) is 5.22. The highest BCUT2D eigenvalue weighted by atomic mass is 14.1. The number of hydrogen-bond donors (Lipinski definition) is 0. The maximum Gasteiger partial charge on any atom is -0.0198 e. The molecule has 0 spiro atoms. The molecule has 0 fully saturated rings. The number of rotatable bonds is 2. The van der Waals surface area contributed by atoms with Crippen molar-refractivity contribution >= 4 is 11.6 Å². The Morgan fingerprint density at radius 2 is 1.61 bits per heavy atom. The van der Waals surface area contributed by atoms with Gasteiger partial charge in [0.25, 0.3) is 0 Å². The minimum Gasteiger partial charge on any atom is -0.0620 e. The Hall–Kier alpha value is -1.82. The molecule has 0 radical (unpaired) electrons. The minimum atomic E-state index is 1.30. The van der Waals surface area contributed by atoms with Crippen LogP contribution in [-0.4, -0.2) is 0 Å². The first-order valence-corrected chi connectivity index (χ1v) is 6.39. The van der Waals surface area contributed by atoms with Gasteiger partial charge in [-0.3, -0.25) is 0 Å². The van der Waals surface area contributed by atoms with E-state index in [0.29, 0.717) is 0 Å². The second-order valence-corrected chi connectivity index (χ2v) is 5.00. The molecule has 0 saturated carbocycles. The highest BCUT2D eigenvalue weighted by Crippen LogP contribution is 2.23. The average molecular weight is 236 g/mol. The summed E-state index contributed by atoms with van der Waals surface area (Å²) in [5, 5.41) is 0. The molecule has 0 atom stereocenters. The molecule has 2 aromatic rings. The van der Waals surface area contributed by atoms with Crippen molar-refractivity contribution in [2.24, 2.45) is 0 Å². The first-order chi connectivity index (χ1) is 8.58. The van der Waals surface area contributed by atoms with Crippen molar-refractivity contribution in [1.29, 1.82) is 0 Å². The van der Waals surface area contributed by atoms with Crippen LogP contribution >= 0.6 is 0 Å². The third kappa shape index (κ3) is 2.70. The SMILES string of the molecule is CC(=Cc1ccccc1C)c1ccc(C)cc1C. The van der Waals surface area contributed by atoms with Crippen molar-refractivity contribution < 1.29 is 0 Å². The van der Waals surface area contributed by atoms with E-state index >= 15 is 0 Å². The smallest absolute Gasteiger partial charge is 0.0198 e. The predicted molar refractivity (Wildman–Crippen MR) is 80.6 cm³/mol. The van der Waals surface area contributed by atoms with Gasteiger partial charge in [-0.15, -0.1) is 0 Å². The van der Waals surface area contributed by atoms with Crippen LogP contribution in [0.5, 0.6) is 0 Å². The zero-order valence-corrected chi connectivity index (χ0v) is 11.6. The Balaban J connectivity index is 2.42. The lowest BCUT2D eigenvalue weighted by Gasteiger charge is -2.08. The van der Waals surface area contributed by atoms with E-state index in [1.165, 1.54) is 33.4 Å². The topological polar surface area (TPSA) is 0 Å². The Labute approximate surface area is 110 Å². The molecule has 0 aliphatic heterocycles. The summed E-state index contributed by atoms with van der Waals surface area (Å²) in [5.41, 5.74) is 7.94. The molecule has 92 valence electrons. The van der Waals surface area contributed by atoms with Gasteiger partial charge in [-0.25, -0.2) is 0 Å². The van der Waals surface area contributed by atoms with Gasteiger partial charge in [-0.1, -0.05) is 54.1 Å². The Bertz CT molecular complexity index is 589. The van der Waals surface area contributed by atoms with E-state index < -0.39 is 0 Å². The van der Waals surface area contributed by atoms with Crippen LogP contribution in [0, 0.1) is 20.8 Å². The van der Waals surface area contributed by atoms with E-state index in [9.17, 15) is 0 Å². The molecule has 0 aromatic heterocycles. The van der Waals surface area contributed by atoms with Crippen LogP contribution in [0.3, 0.4) is 0 Å². The zero-order chi connectivity index (χ0) is 13.1. The van der Waals surface area contributed by atoms with Gasteiger partial charge in [0.1, 0.15) is 0 Å². The third-order valence-corrected chi connectivity index (χ3v) is 3.37. The van der Waals surface area contributed by atoms with Crippen LogP contribution in [0.4, 0.5) is 0 Å². The monoisotopic (exact) mass is 236 g/mol. The second-order valence-electron chi connectivity index (χ2n) is 5.00. The summed E-state index contributed by atoms with van der Waals surface area (Å²) in [4.78, 5) is 0. The van der Waals surface area contributed by atoms with Crippen molar-refractivity contribution in [3.05, 3.63) is 70.3 Å². The van der Waals surface area contributed by atoms with Gasteiger partial charge < -0.3 is 0 Å². The van der Waals surface area contributed by atoms with Crippen LogP contribution < -0.4 is 0 Å². The third-order valence-electron chi connectivity index (χ3n) is 3.37. The summed E-state index contributed by atoms with van der Waals surface area (Å²) >= 11 is 0. The van der Waals surface area contributed by atoms with E-state index in [1.54, 1.807) is 0 Å². The summed E-state index contributed by atoms with van der Waals surface area (Å²) in [7, 11) is 0. The van der Waals surface area contributed by atoms with E-state index in [2.05, 4.69) is 76.2 Å². The van der Waals surface area contributed by atoms with E-state index in [1.807, 2.05) is 0 Å². The van der Waals surface area contributed by atoms with Crippen molar-refractivity contribution in [3.8, 4) is 0 Å². The number of allylic oxidation sites excluding steroid dienone is 1. The Kier molecular flexibility index (Phi) is 3.66. The summed E-state index contributed by atoms with van der Waals surface area (Å²) in [6, 6.07) is 15.1. The maximum atomic E-state index is 2.27. The van der Waals surface area contributed by atoms with E-state index in [4.69, 9.17) is 0 Å². The molecule has 0 bridgehead atoms. The fraction of sp³-hybridized carbons (Fsp3) is 0.222. The van der Waals surface area contributed by atoms with Gasteiger partial charge in [0, 0.05) is 0 Å². The maximum absolute atomic E-state index is 2.27. The highest BCUT2D eigenvalue weighted by Gasteiger charge is 2.01. The zero-order valence-electron chi connectivity index (χ0n) is 11.6. The largest absolute Gasteiger partial charge is 0.0620 e. The molecule has 0 amide bonds. The average Bonchev–Trinajstić information content (AvgIpc) is 2.32. The normalized spacial score (nSPS) is 11.7. The Morgan fingerprint density at radius 1 is 0.889 bits per heavy atom. The summed E-state index contributed by atoms with van der Waals surface area (Å²) in [5.74, 6) is 0. The first-order valence-electron chi connectivity index (χ1n) is 6.39. The summed E-state index contributed by atoms with van der Waals surface area (Å²) in [6.07, 6.45) is 2.27. The molecule has 0 aliphatic rings. The molecule has 0 aliphatic carbocycles. The minimum absolute atomic E-state index is 1.30. The number of aryl methyl sites for hydroxylation is 3. The van der Waals surface area contributed by atoms with Gasteiger partial charge in [-0.2, -0.15) is 0 Å². The molecule has 0 N–H and O–H groups in total. The lowest BCUT2D eigenvalue weighted by atomic mass is 9.97. The molecule has 0 unspecified atom stereocenters. The quantitative estimate of drug-likeness (QED) is 0.631. The lowest BCUT2D eigenvalue weighted by Crippen LogP contribution is -1.88. The number of benzene rings is 2. The molecule has 0 saturated heterocycles. The van der Waals surface area contributed by atoms with Gasteiger partial charge in [-0.05, 0) is 55.5 Å². The van der Waals surface area contributed by atoms with Gasteiger partial charge in [0.05, 0.1) is 0 Å². The predicted octanol–water partition coefficient (Wildman–Crippen LogP) is 5.17. The first kappa shape index (κ1) is 12.6. The molecule has 2 rings (SSSR count). The van der Waals surface area contributed by atoms with Crippen LogP contribution in [0.2, 0.25) is 0 Å². The molecule has 0 heteroatoms. The molecule has 0 heterocycles. The standard InChI is InChI=1S/C18H20/c1-13-9-10-18(15(3)11-13)16(4)12-17-8-6-5-7-14(17)2/h5-12H,1-4H3. The molecular weight excluding hydrogens is 216 g/mol. The molecular formula is C18H20. The van der Waals surface area contributed by atoms with Crippen molar-refractivity contribution in [2.45, 2.75) is 27.7 Å². The molecule has 2 aromatic carbocycles. The van der Waals surface area contributed by atoms with Crippen LogP contribution in [0.25, 0.3) is 11.6 Å². The van der Waals surface area contributed by atoms with Gasteiger partial charge in [0.15, 0.2) is 0 Å². The molecule has 0 nitrogen and oxygen atoms in total. The van der Waals surface area contributed by atoms with Crippen molar-refractivity contribution in [1.82, 2.24) is 0 Å². The van der Waals surface area contributed by atoms with Crippen LogP contribution in [-0.2, 0) is 0 Å². The summed E-state index contributed by atoms with van der Waals surface area (Å²) in [6.45, 7) is 8.65.